The summed E-state index contributed by atoms with van der Waals surface area (Å²) in [7, 11) is 0. The summed E-state index contributed by atoms with van der Waals surface area (Å²) in [5.74, 6) is 0.0493. The molecule has 0 bridgehead atoms. The number of carbonyl (C=O) groups excluding carboxylic acids is 1. The van der Waals surface area contributed by atoms with Gasteiger partial charge in [0.2, 0.25) is 0 Å². The van der Waals surface area contributed by atoms with E-state index in [1.165, 1.54) is 23.2 Å². The van der Waals surface area contributed by atoms with Crippen LogP contribution in [0.2, 0.25) is 0 Å². The Kier molecular flexibility index (Phi) is 5.93. The quantitative estimate of drug-likeness (QED) is 0.332. The van der Waals surface area contributed by atoms with E-state index in [4.69, 9.17) is 4.99 Å². The van der Waals surface area contributed by atoms with Crippen LogP contribution in [0, 0.1) is 13.8 Å². The number of amides is 1. The molecule has 0 fully saturated rings. The Hall–Kier alpha value is -4.23. The molecule has 2 aromatic heterocycles. The van der Waals surface area contributed by atoms with E-state index >= 15 is 0 Å². The van der Waals surface area contributed by atoms with Gasteiger partial charge in [0, 0.05) is 16.8 Å². The molecule has 1 amide bonds. The SMILES string of the molecule is Cc1ccc(NC(=O)c2[nH]cnc2/N=c2\scc(-c3ccc(C)cc3)n2-c2ccccc2)cc1. The van der Waals surface area contributed by atoms with Gasteiger partial charge in [0.15, 0.2) is 16.3 Å². The number of rotatable bonds is 5. The average molecular weight is 466 g/mol. The van der Waals surface area contributed by atoms with Crippen LogP contribution in [-0.4, -0.2) is 20.4 Å². The maximum atomic E-state index is 12.9. The van der Waals surface area contributed by atoms with Crippen molar-refractivity contribution in [2.45, 2.75) is 13.8 Å². The molecule has 0 aliphatic rings. The molecule has 3 aromatic carbocycles. The zero-order chi connectivity index (χ0) is 23.5. The molecular formula is C27H23N5OS. The third-order valence-corrected chi connectivity index (χ3v) is 6.25. The van der Waals surface area contributed by atoms with E-state index in [2.05, 4.69) is 56.4 Å². The number of hydrogen-bond acceptors (Lipinski definition) is 4. The highest BCUT2D eigenvalue weighted by molar-refractivity contribution is 7.07. The van der Waals surface area contributed by atoms with Gasteiger partial charge < -0.3 is 10.3 Å². The minimum atomic E-state index is -0.290. The zero-order valence-electron chi connectivity index (χ0n) is 18.8. The molecule has 34 heavy (non-hydrogen) atoms. The molecule has 5 rings (SSSR count). The highest BCUT2D eigenvalue weighted by Crippen LogP contribution is 2.25. The first kappa shape index (κ1) is 21.6. The molecule has 0 radical (unpaired) electrons. The van der Waals surface area contributed by atoms with Crippen molar-refractivity contribution in [3.05, 3.63) is 112 Å². The minimum Gasteiger partial charge on any atom is -0.339 e. The fourth-order valence-corrected chi connectivity index (χ4v) is 4.51. The molecule has 0 unspecified atom stereocenters. The number of H-pyrrole nitrogens is 1. The molecule has 0 aliphatic carbocycles. The second kappa shape index (κ2) is 9.33. The summed E-state index contributed by atoms with van der Waals surface area (Å²) < 4.78 is 2.09. The Morgan fingerprint density at radius 2 is 1.62 bits per heavy atom. The Morgan fingerprint density at radius 3 is 2.32 bits per heavy atom. The van der Waals surface area contributed by atoms with E-state index in [-0.39, 0.29) is 5.91 Å². The van der Waals surface area contributed by atoms with Crippen molar-refractivity contribution in [3.63, 3.8) is 0 Å². The molecule has 2 heterocycles. The number of nitrogens with one attached hydrogen (secondary N) is 2. The Balaban J connectivity index is 1.57. The summed E-state index contributed by atoms with van der Waals surface area (Å²) in [6.45, 7) is 4.08. The van der Waals surface area contributed by atoms with Crippen LogP contribution < -0.4 is 10.1 Å². The van der Waals surface area contributed by atoms with Gasteiger partial charge in [-0.15, -0.1) is 11.3 Å². The number of aromatic nitrogens is 3. The summed E-state index contributed by atoms with van der Waals surface area (Å²) in [5, 5.41) is 4.99. The van der Waals surface area contributed by atoms with Gasteiger partial charge in [-0.3, -0.25) is 9.36 Å². The van der Waals surface area contributed by atoms with E-state index in [9.17, 15) is 4.79 Å². The van der Waals surface area contributed by atoms with Crippen molar-refractivity contribution in [1.29, 1.82) is 0 Å². The van der Waals surface area contributed by atoms with Crippen molar-refractivity contribution >= 4 is 28.7 Å². The van der Waals surface area contributed by atoms with E-state index in [1.54, 1.807) is 0 Å². The fraction of sp³-hybridized carbons (Fsp3) is 0.0741. The van der Waals surface area contributed by atoms with Crippen LogP contribution in [0.1, 0.15) is 21.6 Å². The monoisotopic (exact) mass is 465 g/mol. The number of hydrogen-bond donors (Lipinski definition) is 2. The highest BCUT2D eigenvalue weighted by Gasteiger charge is 2.16. The van der Waals surface area contributed by atoms with Crippen LogP contribution in [0.4, 0.5) is 11.5 Å². The lowest BCUT2D eigenvalue weighted by molar-refractivity contribution is 0.102. The van der Waals surface area contributed by atoms with Crippen LogP contribution in [0.25, 0.3) is 16.9 Å². The third kappa shape index (κ3) is 4.46. The summed E-state index contributed by atoms with van der Waals surface area (Å²) in [6.07, 6.45) is 1.49. The van der Waals surface area contributed by atoms with Crippen LogP contribution in [0.15, 0.2) is 95.6 Å². The second-order valence-corrected chi connectivity index (χ2v) is 8.81. The largest absolute Gasteiger partial charge is 0.339 e. The van der Waals surface area contributed by atoms with Crippen molar-refractivity contribution in [3.8, 4) is 16.9 Å². The molecule has 0 saturated heterocycles. The molecule has 0 atom stereocenters. The minimum absolute atomic E-state index is 0.290. The number of imidazole rings is 1. The molecule has 6 nitrogen and oxygen atoms in total. The first-order valence-corrected chi connectivity index (χ1v) is 11.8. The van der Waals surface area contributed by atoms with Crippen molar-refractivity contribution in [2.24, 2.45) is 4.99 Å². The van der Waals surface area contributed by atoms with Gasteiger partial charge in [0.25, 0.3) is 5.91 Å². The summed E-state index contributed by atoms with van der Waals surface area (Å²) >= 11 is 1.50. The van der Waals surface area contributed by atoms with Gasteiger partial charge in [-0.25, -0.2) is 4.98 Å². The first-order valence-electron chi connectivity index (χ1n) is 10.9. The lowest BCUT2D eigenvalue weighted by atomic mass is 10.1. The molecule has 7 heteroatoms. The van der Waals surface area contributed by atoms with Gasteiger partial charge >= 0.3 is 0 Å². The van der Waals surface area contributed by atoms with Crippen LogP contribution in [0.3, 0.4) is 0 Å². The van der Waals surface area contributed by atoms with Crippen LogP contribution >= 0.6 is 11.3 Å². The van der Waals surface area contributed by atoms with Crippen LogP contribution in [0.5, 0.6) is 0 Å². The van der Waals surface area contributed by atoms with Crippen LogP contribution in [-0.2, 0) is 0 Å². The average Bonchev–Trinajstić information content (AvgIpc) is 3.49. The predicted molar refractivity (Wildman–Crippen MR) is 137 cm³/mol. The van der Waals surface area contributed by atoms with Gasteiger partial charge in [-0.2, -0.15) is 4.99 Å². The molecule has 5 aromatic rings. The molecular weight excluding hydrogens is 442 g/mol. The molecule has 0 spiro atoms. The molecule has 168 valence electrons. The lowest BCUT2D eigenvalue weighted by Crippen LogP contribution is -2.15. The summed E-state index contributed by atoms with van der Waals surface area (Å²) in [6, 6.07) is 26.1. The third-order valence-electron chi connectivity index (χ3n) is 5.43. The van der Waals surface area contributed by atoms with Gasteiger partial charge in [0.1, 0.15) is 0 Å². The summed E-state index contributed by atoms with van der Waals surface area (Å²) in [4.78, 5) is 25.7. The smallest absolute Gasteiger partial charge is 0.276 e. The predicted octanol–water partition coefficient (Wildman–Crippen LogP) is 6.03. The number of nitrogens with zero attached hydrogens (tertiary/aromatic N) is 3. The number of benzene rings is 3. The molecule has 0 saturated carbocycles. The molecule has 0 aliphatic heterocycles. The number of thiazole rings is 1. The Labute approximate surface area is 201 Å². The van der Waals surface area contributed by atoms with E-state index < -0.39 is 0 Å². The van der Waals surface area contributed by atoms with Gasteiger partial charge in [-0.1, -0.05) is 65.7 Å². The first-order chi connectivity index (χ1) is 16.6. The Bertz CT molecular complexity index is 1490. The number of aromatic amines is 1. The standard InChI is InChI=1S/C27H23N5OS/c1-18-8-12-20(13-9-18)23-16-34-27(32(23)22-6-4-3-5-7-22)31-25-24(28-17-29-25)26(33)30-21-14-10-19(2)11-15-21/h3-17H,1-2H3,(H,28,29)(H,30,33)/b31-27-. The summed E-state index contributed by atoms with van der Waals surface area (Å²) in [5.41, 5.74) is 6.46. The normalized spacial score (nSPS) is 11.5. The highest BCUT2D eigenvalue weighted by atomic mass is 32.1. The Morgan fingerprint density at radius 1 is 0.941 bits per heavy atom. The maximum Gasteiger partial charge on any atom is 0.276 e. The number of aryl methyl sites for hydroxylation is 2. The fourth-order valence-electron chi connectivity index (χ4n) is 3.60. The number of anilines is 1. The van der Waals surface area contributed by atoms with E-state index in [1.807, 2.05) is 61.5 Å². The van der Waals surface area contributed by atoms with Gasteiger partial charge in [0.05, 0.1) is 12.0 Å². The second-order valence-electron chi connectivity index (χ2n) is 7.97. The number of para-hydroxylation sites is 1. The van der Waals surface area contributed by atoms with Crippen molar-refractivity contribution < 1.29 is 4.79 Å². The van der Waals surface area contributed by atoms with E-state index in [0.717, 1.165) is 27.3 Å². The lowest BCUT2D eigenvalue weighted by Gasteiger charge is -2.09. The van der Waals surface area contributed by atoms with Crippen molar-refractivity contribution in [1.82, 2.24) is 14.5 Å². The maximum absolute atomic E-state index is 12.9. The van der Waals surface area contributed by atoms with Gasteiger partial charge in [-0.05, 0) is 43.7 Å². The van der Waals surface area contributed by atoms with Crippen molar-refractivity contribution in [2.75, 3.05) is 5.32 Å². The zero-order valence-corrected chi connectivity index (χ0v) is 19.6. The number of carbonyl (C=O) groups is 1. The molecule has 2 N–H and O–H groups in total. The van der Waals surface area contributed by atoms with E-state index in [0.29, 0.717) is 17.2 Å². The topological polar surface area (TPSA) is 75.1 Å².